The molecule has 0 aliphatic heterocycles. The Kier molecular flexibility index (Phi) is 8.19. The minimum absolute atomic E-state index is 0.262. The van der Waals surface area contributed by atoms with Crippen molar-refractivity contribution < 1.29 is 14.3 Å². The number of esters is 1. The molecule has 4 heteroatoms. The summed E-state index contributed by atoms with van der Waals surface area (Å²) in [7, 11) is 0. The Morgan fingerprint density at radius 2 is 1.70 bits per heavy atom. The molecule has 110 valence electrons. The van der Waals surface area contributed by atoms with Crippen molar-refractivity contribution in [1.82, 2.24) is 0 Å². The number of halogens is 1. The van der Waals surface area contributed by atoms with Crippen molar-refractivity contribution in [3.05, 3.63) is 34.3 Å². The molecule has 1 aromatic rings. The third-order valence-electron chi connectivity index (χ3n) is 3.04. The van der Waals surface area contributed by atoms with E-state index in [-0.39, 0.29) is 6.61 Å². The lowest BCUT2D eigenvalue weighted by molar-refractivity contribution is -0.153. The van der Waals surface area contributed by atoms with Crippen LogP contribution in [0.1, 0.15) is 44.6 Å². The Morgan fingerprint density at radius 1 is 1.05 bits per heavy atom. The monoisotopic (exact) mass is 340 g/mol. The molecule has 0 aliphatic carbocycles. The van der Waals surface area contributed by atoms with E-state index in [0.717, 1.165) is 36.6 Å². The largest absolute Gasteiger partial charge is 0.460 e. The highest BCUT2D eigenvalue weighted by atomic mass is 79.9. The number of unbranched alkanes of at least 4 members (excludes halogenated alkanes) is 3. The number of carbonyl (C=O) groups is 2. The van der Waals surface area contributed by atoms with Gasteiger partial charge >= 0.3 is 5.97 Å². The van der Waals surface area contributed by atoms with Crippen LogP contribution < -0.4 is 0 Å². The van der Waals surface area contributed by atoms with Crippen molar-refractivity contribution in [2.45, 2.75) is 45.4 Å². The van der Waals surface area contributed by atoms with Gasteiger partial charge in [0, 0.05) is 10.9 Å². The molecule has 0 bridgehead atoms. The summed E-state index contributed by atoms with van der Waals surface area (Å²) in [6, 6.07) is 8.34. The lowest BCUT2D eigenvalue weighted by Crippen LogP contribution is -2.16. The summed E-state index contributed by atoms with van der Waals surface area (Å²) in [4.78, 5) is 22.4. The lowest BCUT2D eigenvalue weighted by Gasteiger charge is -2.03. The number of hydrogen-bond acceptors (Lipinski definition) is 3. The third kappa shape index (κ3) is 6.85. The molecule has 0 saturated heterocycles. The second-order valence-corrected chi connectivity index (χ2v) is 5.60. The number of rotatable bonds is 9. The Hall–Kier alpha value is -1.16. The van der Waals surface area contributed by atoms with E-state index in [2.05, 4.69) is 32.8 Å². The number of ketones is 1. The summed E-state index contributed by atoms with van der Waals surface area (Å²) in [6.45, 7) is 1.96. The van der Waals surface area contributed by atoms with Gasteiger partial charge in [-0.1, -0.05) is 40.9 Å². The van der Waals surface area contributed by atoms with Crippen LogP contribution in [0.2, 0.25) is 0 Å². The van der Waals surface area contributed by atoms with Gasteiger partial charge in [-0.15, -0.1) is 0 Å². The summed E-state index contributed by atoms with van der Waals surface area (Å²) in [5.41, 5.74) is 1.33. The van der Waals surface area contributed by atoms with Crippen LogP contribution in [0.15, 0.2) is 28.7 Å². The molecule has 0 unspecified atom stereocenters. The lowest BCUT2D eigenvalue weighted by atomic mass is 10.0. The maximum Gasteiger partial charge on any atom is 0.374 e. The minimum Gasteiger partial charge on any atom is -0.460 e. The van der Waals surface area contributed by atoms with Crippen LogP contribution in [-0.2, 0) is 20.7 Å². The zero-order chi connectivity index (χ0) is 14.8. The molecule has 0 radical (unpaired) electrons. The first-order chi connectivity index (χ1) is 9.63. The summed E-state index contributed by atoms with van der Waals surface area (Å²) >= 11 is 3.41. The molecule has 0 saturated carbocycles. The summed E-state index contributed by atoms with van der Waals surface area (Å²) in [6.07, 6.45) is 5.28. The van der Waals surface area contributed by atoms with Crippen LogP contribution in [0, 0.1) is 0 Å². The van der Waals surface area contributed by atoms with Gasteiger partial charge in [-0.3, -0.25) is 4.79 Å². The Morgan fingerprint density at radius 3 is 2.35 bits per heavy atom. The van der Waals surface area contributed by atoms with Gasteiger partial charge in [0.15, 0.2) is 0 Å². The van der Waals surface area contributed by atoms with Crippen LogP contribution in [0.3, 0.4) is 0 Å². The van der Waals surface area contributed by atoms with Gasteiger partial charge in [-0.25, -0.2) is 4.79 Å². The van der Waals surface area contributed by atoms with Crippen LogP contribution in [-0.4, -0.2) is 18.4 Å². The van der Waals surface area contributed by atoms with Crippen LogP contribution in [0.4, 0.5) is 0 Å². The van der Waals surface area contributed by atoms with Crippen molar-refractivity contribution in [2.75, 3.05) is 6.61 Å². The van der Waals surface area contributed by atoms with Gasteiger partial charge in [0.25, 0.3) is 0 Å². The van der Waals surface area contributed by atoms with E-state index in [9.17, 15) is 9.59 Å². The number of benzene rings is 1. The molecule has 20 heavy (non-hydrogen) atoms. The second kappa shape index (κ2) is 9.70. The van der Waals surface area contributed by atoms with Crippen LogP contribution in [0.25, 0.3) is 0 Å². The van der Waals surface area contributed by atoms with Gasteiger partial charge in [-0.2, -0.15) is 0 Å². The van der Waals surface area contributed by atoms with E-state index in [1.54, 1.807) is 6.92 Å². The molecule has 0 heterocycles. The zero-order valence-electron chi connectivity index (χ0n) is 11.9. The smallest absolute Gasteiger partial charge is 0.374 e. The maximum atomic E-state index is 11.3. The fourth-order valence-corrected chi connectivity index (χ4v) is 2.20. The highest BCUT2D eigenvalue weighted by Gasteiger charge is 2.13. The number of ether oxygens (including phenoxy) is 1. The van der Waals surface area contributed by atoms with Gasteiger partial charge in [0.1, 0.15) is 0 Å². The van der Waals surface area contributed by atoms with Gasteiger partial charge < -0.3 is 4.74 Å². The summed E-state index contributed by atoms with van der Waals surface area (Å²) < 4.78 is 5.75. The highest BCUT2D eigenvalue weighted by Crippen LogP contribution is 2.13. The van der Waals surface area contributed by atoms with Crippen LogP contribution >= 0.6 is 15.9 Å². The topological polar surface area (TPSA) is 43.4 Å². The fourth-order valence-electron chi connectivity index (χ4n) is 1.93. The van der Waals surface area contributed by atoms with Gasteiger partial charge in [0.2, 0.25) is 5.78 Å². The molecule has 0 N–H and O–H groups in total. The minimum atomic E-state index is -0.692. The number of aryl methyl sites for hydroxylation is 1. The molecule has 1 rings (SSSR count). The normalized spacial score (nSPS) is 10.3. The molecule has 0 atom stereocenters. The molecule has 3 nitrogen and oxygen atoms in total. The average molecular weight is 341 g/mol. The molecule has 0 aliphatic rings. The van der Waals surface area contributed by atoms with Crippen molar-refractivity contribution in [2.24, 2.45) is 0 Å². The fraction of sp³-hybridized carbons (Fsp3) is 0.500. The highest BCUT2D eigenvalue weighted by molar-refractivity contribution is 9.10. The van der Waals surface area contributed by atoms with E-state index < -0.39 is 11.8 Å². The van der Waals surface area contributed by atoms with E-state index in [1.165, 1.54) is 5.56 Å². The predicted octanol–water partition coefficient (Wildman–Crippen LogP) is 4.07. The molecular formula is C16H21BrO3. The standard InChI is InChI=1S/C16H21BrO3/c1-2-20-16(19)15(18)8-6-4-3-5-7-13-9-11-14(17)12-10-13/h9-12H,2-8H2,1H3. The molecular weight excluding hydrogens is 320 g/mol. The average Bonchev–Trinajstić information content (AvgIpc) is 2.44. The molecule has 0 aromatic heterocycles. The number of carbonyl (C=O) groups excluding carboxylic acids is 2. The molecule has 0 amide bonds. The van der Waals surface area contributed by atoms with E-state index >= 15 is 0 Å². The first-order valence-electron chi connectivity index (χ1n) is 7.08. The van der Waals surface area contributed by atoms with Crippen molar-refractivity contribution in [3.8, 4) is 0 Å². The van der Waals surface area contributed by atoms with E-state index in [4.69, 9.17) is 0 Å². The van der Waals surface area contributed by atoms with Gasteiger partial charge in [0.05, 0.1) is 6.61 Å². The van der Waals surface area contributed by atoms with Crippen molar-refractivity contribution >= 4 is 27.7 Å². The summed E-state index contributed by atoms with van der Waals surface area (Å²) in [5.74, 6) is -1.10. The summed E-state index contributed by atoms with van der Waals surface area (Å²) in [5, 5.41) is 0. The first kappa shape index (κ1) is 16.9. The Balaban J connectivity index is 2.06. The van der Waals surface area contributed by atoms with E-state index in [1.807, 2.05) is 12.1 Å². The van der Waals surface area contributed by atoms with Crippen molar-refractivity contribution in [3.63, 3.8) is 0 Å². The third-order valence-corrected chi connectivity index (χ3v) is 3.56. The SMILES string of the molecule is CCOC(=O)C(=O)CCCCCCc1ccc(Br)cc1. The quantitative estimate of drug-likeness (QED) is 0.386. The van der Waals surface area contributed by atoms with E-state index in [0.29, 0.717) is 6.42 Å². The maximum absolute atomic E-state index is 11.3. The predicted molar refractivity (Wildman–Crippen MR) is 82.6 cm³/mol. The Labute approximate surface area is 128 Å². The number of Topliss-reactive ketones (excluding diaryl/α,β-unsaturated/α-hetero) is 1. The number of hydrogen-bond donors (Lipinski definition) is 0. The second-order valence-electron chi connectivity index (χ2n) is 4.68. The molecule has 0 fully saturated rings. The van der Waals surface area contributed by atoms with Crippen molar-refractivity contribution in [1.29, 1.82) is 0 Å². The Bertz CT molecular complexity index is 426. The van der Waals surface area contributed by atoms with Gasteiger partial charge in [-0.05, 0) is 43.9 Å². The first-order valence-corrected chi connectivity index (χ1v) is 7.87. The molecule has 1 aromatic carbocycles. The van der Waals surface area contributed by atoms with Crippen LogP contribution in [0.5, 0.6) is 0 Å². The molecule has 0 spiro atoms. The zero-order valence-corrected chi connectivity index (χ0v) is 13.4.